The van der Waals surface area contributed by atoms with E-state index in [1.807, 2.05) is 0 Å². The van der Waals surface area contributed by atoms with Gasteiger partial charge in [-0.05, 0) is 24.3 Å². The molecule has 1 aromatic rings. The van der Waals surface area contributed by atoms with Crippen molar-refractivity contribution in [1.29, 1.82) is 0 Å². The normalized spacial score (nSPS) is 11.7. The molecule has 0 bridgehead atoms. The Bertz CT molecular complexity index is 298. The first-order chi connectivity index (χ1) is 7.83. The number of hydrogen-bond acceptors (Lipinski definition) is 3. The standard InChI is InChI=1S/C11H19N3OS/c1-15-8-3-6-13-11(12)14-7-5-10-4-2-9-16-10/h2,4,9H,3,5-8H2,1H3,(H3,12,13,14). The van der Waals surface area contributed by atoms with Crippen molar-refractivity contribution in [3.05, 3.63) is 22.4 Å². The second-order valence-corrected chi connectivity index (χ2v) is 4.40. The molecule has 16 heavy (non-hydrogen) atoms. The van der Waals surface area contributed by atoms with E-state index in [0.29, 0.717) is 12.5 Å². The lowest BCUT2D eigenvalue weighted by Crippen LogP contribution is -2.33. The second kappa shape index (κ2) is 8.13. The molecule has 5 heteroatoms. The molecule has 0 spiro atoms. The van der Waals surface area contributed by atoms with Gasteiger partial charge in [0.05, 0.1) is 0 Å². The SMILES string of the molecule is COCCCN=C(N)NCCc1cccs1. The number of hydrogen-bond donors (Lipinski definition) is 2. The van der Waals surface area contributed by atoms with Gasteiger partial charge in [-0.1, -0.05) is 6.07 Å². The zero-order valence-corrected chi connectivity index (χ0v) is 10.4. The molecule has 0 saturated carbocycles. The van der Waals surface area contributed by atoms with Gasteiger partial charge in [0.2, 0.25) is 0 Å². The van der Waals surface area contributed by atoms with E-state index in [2.05, 4.69) is 27.8 Å². The van der Waals surface area contributed by atoms with Crippen molar-refractivity contribution in [1.82, 2.24) is 5.32 Å². The number of thiophene rings is 1. The van der Waals surface area contributed by atoms with E-state index in [1.165, 1.54) is 4.88 Å². The molecular weight excluding hydrogens is 222 g/mol. The van der Waals surface area contributed by atoms with Crippen molar-refractivity contribution < 1.29 is 4.74 Å². The first-order valence-electron chi connectivity index (χ1n) is 5.38. The largest absolute Gasteiger partial charge is 0.385 e. The van der Waals surface area contributed by atoms with Crippen LogP contribution in [0.5, 0.6) is 0 Å². The first-order valence-corrected chi connectivity index (χ1v) is 6.26. The third-order valence-corrected chi connectivity index (χ3v) is 2.98. The van der Waals surface area contributed by atoms with E-state index in [1.54, 1.807) is 18.4 Å². The zero-order chi connectivity index (χ0) is 11.6. The smallest absolute Gasteiger partial charge is 0.188 e. The molecule has 0 aliphatic carbocycles. The van der Waals surface area contributed by atoms with Crippen LogP contribution >= 0.6 is 11.3 Å². The number of guanidine groups is 1. The lowest BCUT2D eigenvalue weighted by molar-refractivity contribution is 0.197. The molecule has 0 atom stereocenters. The lowest BCUT2D eigenvalue weighted by Gasteiger charge is -2.04. The Morgan fingerprint density at radius 2 is 2.50 bits per heavy atom. The van der Waals surface area contributed by atoms with Crippen molar-refractivity contribution in [3.8, 4) is 0 Å². The van der Waals surface area contributed by atoms with Crippen molar-refractivity contribution in [2.45, 2.75) is 12.8 Å². The Balaban J connectivity index is 2.07. The summed E-state index contributed by atoms with van der Waals surface area (Å²) in [4.78, 5) is 5.55. The number of nitrogens with one attached hydrogen (secondary N) is 1. The van der Waals surface area contributed by atoms with Gasteiger partial charge in [0.1, 0.15) is 0 Å². The van der Waals surface area contributed by atoms with Gasteiger partial charge in [0.15, 0.2) is 5.96 Å². The van der Waals surface area contributed by atoms with Gasteiger partial charge in [-0.25, -0.2) is 0 Å². The van der Waals surface area contributed by atoms with Crippen LogP contribution < -0.4 is 11.1 Å². The number of nitrogens with two attached hydrogens (primary N) is 1. The average molecular weight is 241 g/mol. The highest BCUT2D eigenvalue weighted by Gasteiger charge is 1.94. The summed E-state index contributed by atoms with van der Waals surface area (Å²) in [7, 11) is 1.69. The molecule has 4 nitrogen and oxygen atoms in total. The van der Waals surface area contributed by atoms with Crippen LogP contribution in [0.3, 0.4) is 0 Å². The molecule has 3 N–H and O–H groups in total. The minimum absolute atomic E-state index is 0.521. The van der Waals surface area contributed by atoms with E-state index in [-0.39, 0.29) is 0 Å². The molecule has 0 amide bonds. The molecule has 0 saturated heterocycles. The summed E-state index contributed by atoms with van der Waals surface area (Å²) < 4.78 is 4.92. The Hall–Kier alpha value is -1.07. The first kappa shape index (κ1) is 13.0. The molecule has 0 fully saturated rings. The Morgan fingerprint density at radius 1 is 1.62 bits per heavy atom. The summed E-state index contributed by atoms with van der Waals surface area (Å²) in [6.45, 7) is 2.28. The van der Waals surface area contributed by atoms with Gasteiger partial charge < -0.3 is 15.8 Å². The quantitative estimate of drug-likeness (QED) is 0.429. The lowest BCUT2D eigenvalue weighted by atomic mass is 10.3. The van der Waals surface area contributed by atoms with Crippen LogP contribution in [0.4, 0.5) is 0 Å². The van der Waals surface area contributed by atoms with Gasteiger partial charge in [-0.3, -0.25) is 4.99 Å². The van der Waals surface area contributed by atoms with Crippen LogP contribution in [-0.4, -0.2) is 32.8 Å². The molecule has 90 valence electrons. The second-order valence-electron chi connectivity index (χ2n) is 3.37. The Morgan fingerprint density at radius 3 is 3.19 bits per heavy atom. The molecule has 1 rings (SSSR count). The van der Waals surface area contributed by atoms with E-state index in [4.69, 9.17) is 10.5 Å². The summed E-state index contributed by atoms with van der Waals surface area (Å²) in [6.07, 6.45) is 1.90. The molecule has 0 radical (unpaired) electrons. The third-order valence-electron chi connectivity index (χ3n) is 2.05. The van der Waals surface area contributed by atoms with E-state index in [0.717, 1.165) is 26.0 Å². The summed E-state index contributed by atoms with van der Waals surface area (Å²) in [5, 5.41) is 5.17. The molecule has 0 aliphatic rings. The van der Waals surface area contributed by atoms with E-state index in [9.17, 15) is 0 Å². The van der Waals surface area contributed by atoms with Crippen LogP contribution in [0.2, 0.25) is 0 Å². The highest BCUT2D eigenvalue weighted by atomic mass is 32.1. The van der Waals surface area contributed by atoms with Crippen molar-refractivity contribution in [2.24, 2.45) is 10.7 Å². The highest BCUT2D eigenvalue weighted by Crippen LogP contribution is 2.07. The van der Waals surface area contributed by atoms with Crippen LogP contribution in [0.25, 0.3) is 0 Å². The molecule has 1 aromatic heterocycles. The van der Waals surface area contributed by atoms with E-state index >= 15 is 0 Å². The topological polar surface area (TPSA) is 59.6 Å². The number of aliphatic imine (C=N–C) groups is 1. The van der Waals surface area contributed by atoms with Gasteiger partial charge >= 0.3 is 0 Å². The van der Waals surface area contributed by atoms with E-state index < -0.39 is 0 Å². The molecule has 0 aromatic carbocycles. The number of rotatable bonds is 7. The van der Waals surface area contributed by atoms with Gasteiger partial charge in [-0.2, -0.15) is 0 Å². The summed E-state index contributed by atoms with van der Waals surface area (Å²) in [5.41, 5.74) is 5.70. The van der Waals surface area contributed by atoms with Gasteiger partial charge in [-0.15, -0.1) is 11.3 Å². The van der Waals surface area contributed by atoms with Gasteiger partial charge in [0.25, 0.3) is 0 Å². The fourth-order valence-corrected chi connectivity index (χ4v) is 1.94. The van der Waals surface area contributed by atoms with Crippen LogP contribution in [0, 0.1) is 0 Å². The molecular formula is C11H19N3OS. The van der Waals surface area contributed by atoms with Crippen LogP contribution in [0.15, 0.2) is 22.5 Å². The molecule has 0 aliphatic heterocycles. The van der Waals surface area contributed by atoms with Gasteiger partial charge in [0, 0.05) is 31.7 Å². The monoisotopic (exact) mass is 241 g/mol. The molecule has 1 heterocycles. The highest BCUT2D eigenvalue weighted by molar-refractivity contribution is 7.09. The van der Waals surface area contributed by atoms with Crippen molar-refractivity contribution >= 4 is 17.3 Å². The summed E-state index contributed by atoms with van der Waals surface area (Å²) in [6, 6.07) is 4.18. The number of ether oxygens (including phenoxy) is 1. The number of nitrogens with zero attached hydrogens (tertiary/aromatic N) is 1. The predicted molar refractivity (Wildman–Crippen MR) is 69.0 cm³/mol. The fourth-order valence-electron chi connectivity index (χ4n) is 1.23. The maximum absolute atomic E-state index is 5.70. The predicted octanol–water partition coefficient (Wildman–Crippen LogP) is 1.23. The van der Waals surface area contributed by atoms with Crippen molar-refractivity contribution in [3.63, 3.8) is 0 Å². The third kappa shape index (κ3) is 5.72. The summed E-state index contributed by atoms with van der Waals surface area (Å²) >= 11 is 1.76. The minimum Gasteiger partial charge on any atom is -0.385 e. The van der Waals surface area contributed by atoms with Crippen LogP contribution in [-0.2, 0) is 11.2 Å². The maximum atomic E-state index is 5.70. The Labute approximate surface area is 101 Å². The zero-order valence-electron chi connectivity index (χ0n) is 9.61. The summed E-state index contributed by atoms with van der Waals surface area (Å²) in [5.74, 6) is 0.521. The minimum atomic E-state index is 0.521. The Kier molecular flexibility index (Phi) is 6.60. The molecule has 0 unspecified atom stereocenters. The fraction of sp³-hybridized carbons (Fsp3) is 0.545. The maximum Gasteiger partial charge on any atom is 0.188 e. The number of methoxy groups -OCH3 is 1. The average Bonchev–Trinajstić information content (AvgIpc) is 2.77. The van der Waals surface area contributed by atoms with Crippen LogP contribution in [0.1, 0.15) is 11.3 Å². The van der Waals surface area contributed by atoms with Crippen molar-refractivity contribution in [2.75, 3.05) is 26.8 Å².